The molecule has 2 N–H and O–H groups in total. The van der Waals surface area contributed by atoms with Crippen LogP contribution in [0.2, 0.25) is 0 Å². The van der Waals surface area contributed by atoms with Crippen molar-refractivity contribution in [2.24, 2.45) is 0 Å². The van der Waals surface area contributed by atoms with E-state index >= 15 is 0 Å². The van der Waals surface area contributed by atoms with Gasteiger partial charge in [-0.05, 0) is 36.8 Å². The summed E-state index contributed by atoms with van der Waals surface area (Å²) in [4.78, 5) is 14.2. The van der Waals surface area contributed by atoms with Crippen molar-refractivity contribution >= 4 is 17.3 Å². The third kappa shape index (κ3) is 2.82. The van der Waals surface area contributed by atoms with Gasteiger partial charge in [-0.1, -0.05) is 17.7 Å². The lowest BCUT2D eigenvalue weighted by Gasteiger charge is -2.32. The highest BCUT2D eigenvalue weighted by atomic mass is 16.5. The SMILES string of the molecule is COc1ccc(C)cc1CC1Oc2ccc(N)cc2N(C)C1=O. The van der Waals surface area contributed by atoms with Crippen molar-refractivity contribution in [3.63, 3.8) is 0 Å². The monoisotopic (exact) mass is 312 g/mol. The summed E-state index contributed by atoms with van der Waals surface area (Å²) in [6, 6.07) is 11.2. The molecule has 0 radical (unpaired) electrons. The minimum absolute atomic E-state index is 0.0911. The van der Waals surface area contributed by atoms with E-state index in [1.54, 1.807) is 37.3 Å². The first-order valence-corrected chi connectivity index (χ1v) is 7.47. The van der Waals surface area contributed by atoms with Crippen molar-refractivity contribution in [1.29, 1.82) is 0 Å². The summed E-state index contributed by atoms with van der Waals surface area (Å²) in [5, 5.41) is 0. The quantitative estimate of drug-likeness (QED) is 0.885. The van der Waals surface area contributed by atoms with E-state index in [1.165, 1.54) is 0 Å². The molecule has 23 heavy (non-hydrogen) atoms. The van der Waals surface area contributed by atoms with Gasteiger partial charge in [0, 0.05) is 19.2 Å². The molecule has 1 amide bonds. The number of carbonyl (C=O) groups excluding carboxylic acids is 1. The minimum Gasteiger partial charge on any atom is -0.496 e. The molecule has 0 fully saturated rings. The first-order chi connectivity index (χ1) is 11.0. The van der Waals surface area contributed by atoms with Gasteiger partial charge in [-0.2, -0.15) is 0 Å². The Balaban J connectivity index is 1.92. The van der Waals surface area contributed by atoms with Gasteiger partial charge in [-0.3, -0.25) is 4.79 Å². The lowest BCUT2D eigenvalue weighted by molar-refractivity contribution is -0.125. The lowest BCUT2D eigenvalue weighted by Crippen LogP contribution is -2.45. The van der Waals surface area contributed by atoms with Crippen LogP contribution in [0.1, 0.15) is 11.1 Å². The summed E-state index contributed by atoms with van der Waals surface area (Å²) in [7, 11) is 3.37. The molecule has 5 nitrogen and oxygen atoms in total. The number of rotatable bonds is 3. The first-order valence-electron chi connectivity index (χ1n) is 7.47. The fourth-order valence-corrected chi connectivity index (χ4v) is 2.83. The van der Waals surface area contributed by atoms with Gasteiger partial charge < -0.3 is 20.1 Å². The maximum atomic E-state index is 12.6. The fraction of sp³-hybridized carbons (Fsp3) is 0.278. The molecule has 1 atom stereocenters. The number of hydrogen-bond donors (Lipinski definition) is 1. The highest BCUT2D eigenvalue weighted by Crippen LogP contribution is 2.36. The average molecular weight is 312 g/mol. The summed E-state index contributed by atoms with van der Waals surface area (Å²) in [6.45, 7) is 2.01. The molecule has 5 heteroatoms. The second-order valence-corrected chi connectivity index (χ2v) is 5.75. The normalized spacial score (nSPS) is 16.7. The second-order valence-electron chi connectivity index (χ2n) is 5.75. The Hall–Kier alpha value is -2.69. The van der Waals surface area contributed by atoms with E-state index in [4.69, 9.17) is 15.2 Å². The molecule has 0 aromatic heterocycles. The van der Waals surface area contributed by atoms with Crippen molar-refractivity contribution in [2.45, 2.75) is 19.4 Å². The van der Waals surface area contributed by atoms with Gasteiger partial charge in [0.05, 0.1) is 12.8 Å². The Kier molecular flexibility index (Phi) is 3.86. The molecular weight excluding hydrogens is 292 g/mol. The van der Waals surface area contributed by atoms with Gasteiger partial charge in [0.15, 0.2) is 6.10 Å². The van der Waals surface area contributed by atoms with E-state index in [0.29, 0.717) is 23.5 Å². The van der Waals surface area contributed by atoms with Crippen LogP contribution < -0.4 is 20.1 Å². The van der Waals surface area contributed by atoms with Gasteiger partial charge in [0.25, 0.3) is 5.91 Å². The third-order valence-electron chi connectivity index (χ3n) is 4.06. The van der Waals surface area contributed by atoms with E-state index in [9.17, 15) is 4.79 Å². The van der Waals surface area contributed by atoms with E-state index < -0.39 is 6.10 Å². The average Bonchev–Trinajstić information content (AvgIpc) is 2.53. The Morgan fingerprint density at radius 3 is 2.78 bits per heavy atom. The molecule has 0 bridgehead atoms. The third-order valence-corrected chi connectivity index (χ3v) is 4.06. The molecular formula is C18H20N2O3. The molecule has 1 aliphatic heterocycles. The van der Waals surface area contributed by atoms with E-state index in [0.717, 1.165) is 16.9 Å². The Morgan fingerprint density at radius 2 is 2.04 bits per heavy atom. The summed E-state index contributed by atoms with van der Waals surface area (Å²) in [6.07, 6.45) is -0.121. The molecule has 2 aromatic rings. The van der Waals surface area contributed by atoms with Crippen LogP contribution in [-0.4, -0.2) is 26.2 Å². The van der Waals surface area contributed by atoms with Crippen LogP contribution in [0.15, 0.2) is 36.4 Å². The molecule has 1 heterocycles. The minimum atomic E-state index is -0.577. The topological polar surface area (TPSA) is 64.8 Å². The molecule has 1 aliphatic rings. The number of nitrogens with two attached hydrogens (primary N) is 1. The predicted molar refractivity (Wildman–Crippen MR) is 90.1 cm³/mol. The van der Waals surface area contributed by atoms with E-state index in [-0.39, 0.29) is 5.91 Å². The number of aryl methyl sites for hydroxylation is 1. The molecule has 0 saturated heterocycles. The van der Waals surface area contributed by atoms with Gasteiger partial charge in [0.2, 0.25) is 0 Å². The highest BCUT2D eigenvalue weighted by Gasteiger charge is 2.33. The van der Waals surface area contributed by atoms with Crippen molar-refractivity contribution in [3.8, 4) is 11.5 Å². The number of methoxy groups -OCH3 is 1. The van der Waals surface area contributed by atoms with E-state index in [1.807, 2.05) is 25.1 Å². The van der Waals surface area contributed by atoms with Gasteiger partial charge >= 0.3 is 0 Å². The number of amides is 1. The zero-order chi connectivity index (χ0) is 16.6. The van der Waals surface area contributed by atoms with Gasteiger partial charge in [-0.25, -0.2) is 0 Å². The van der Waals surface area contributed by atoms with Crippen LogP contribution in [0.4, 0.5) is 11.4 Å². The Labute approximate surface area is 135 Å². The summed E-state index contributed by atoms with van der Waals surface area (Å²) in [5.74, 6) is 1.34. The van der Waals surface area contributed by atoms with E-state index in [2.05, 4.69) is 0 Å². The lowest BCUT2D eigenvalue weighted by atomic mass is 10.0. The smallest absolute Gasteiger partial charge is 0.268 e. The summed E-state index contributed by atoms with van der Waals surface area (Å²) < 4.78 is 11.3. The van der Waals surface area contributed by atoms with Gasteiger partial charge in [0.1, 0.15) is 11.5 Å². The number of likely N-dealkylation sites (N-methyl/N-ethyl adjacent to an activating group) is 1. The number of ether oxygens (including phenoxy) is 2. The maximum Gasteiger partial charge on any atom is 0.268 e. The zero-order valence-electron chi connectivity index (χ0n) is 13.5. The van der Waals surface area contributed by atoms with Crippen LogP contribution in [0.3, 0.4) is 0 Å². The summed E-state index contributed by atoms with van der Waals surface area (Å²) >= 11 is 0. The van der Waals surface area contributed by atoms with Crippen molar-refractivity contribution in [1.82, 2.24) is 0 Å². The standard InChI is InChI=1S/C18H20N2O3/c1-11-4-6-15(22-3)12(8-11)9-17-18(21)20(2)14-10-13(19)5-7-16(14)23-17/h4-8,10,17H,9,19H2,1-3H3. The van der Waals surface area contributed by atoms with Crippen molar-refractivity contribution < 1.29 is 14.3 Å². The largest absolute Gasteiger partial charge is 0.496 e. The highest BCUT2D eigenvalue weighted by molar-refractivity contribution is 6.00. The van der Waals surface area contributed by atoms with Crippen molar-refractivity contribution in [3.05, 3.63) is 47.5 Å². The molecule has 0 saturated carbocycles. The second kappa shape index (κ2) is 5.83. The van der Waals surface area contributed by atoms with Crippen LogP contribution >= 0.6 is 0 Å². The number of fused-ring (bicyclic) bond motifs is 1. The number of hydrogen-bond acceptors (Lipinski definition) is 4. The predicted octanol–water partition coefficient (Wildman–Crippen LogP) is 2.55. The molecule has 2 aromatic carbocycles. The maximum absolute atomic E-state index is 12.6. The molecule has 0 aliphatic carbocycles. The number of carbonyl (C=O) groups is 1. The zero-order valence-corrected chi connectivity index (χ0v) is 13.5. The Bertz CT molecular complexity index is 758. The fourth-order valence-electron chi connectivity index (χ4n) is 2.83. The Morgan fingerprint density at radius 1 is 1.26 bits per heavy atom. The van der Waals surface area contributed by atoms with Gasteiger partial charge in [-0.15, -0.1) is 0 Å². The number of nitrogens with zero attached hydrogens (tertiary/aromatic N) is 1. The first kappa shape index (κ1) is 15.2. The number of nitrogen functional groups attached to an aromatic ring is 1. The molecule has 0 spiro atoms. The number of benzene rings is 2. The van der Waals surface area contributed by atoms with Crippen LogP contribution in [0.25, 0.3) is 0 Å². The van der Waals surface area contributed by atoms with Crippen LogP contribution in [-0.2, 0) is 11.2 Å². The summed E-state index contributed by atoms with van der Waals surface area (Å²) in [5.41, 5.74) is 9.16. The van der Waals surface area contributed by atoms with Crippen LogP contribution in [0, 0.1) is 6.92 Å². The number of anilines is 2. The molecule has 3 rings (SSSR count). The molecule has 1 unspecified atom stereocenters. The van der Waals surface area contributed by atoms with Crippen molar-refractivity contribution in [2.75, 3.05) is 24.8 Å². The molecule has 120 valence electrons. The van der Waals surface area contributed by atoms with Crippen LogP contribution in [0.5, 0.6) is 11.5 Å².